The van der Waals surface area contributed by atoms with Gasteiger partial charge in [-0.3, -0.25) is 0 Å². The number of para-hydroxylation sites is 2. The van der Waals surface area contributed by atoms with E-state index < -0.39 is 6.04 Å². The molecule has 0 N–H and O–H groups in total. The highest BCUT2D eigenvalue weighted by atomic mass is 79.9. The molecule has 0 amide bonds. The van der Waals surface area contributed by atoms with Crippen LogP contribution in [0.4, 0.5) is 17.1 Å². The fraction of sp³-hybridized carbons (Fsp3) is 0. The molecule has 3 aromatic rings. The van der Waals surface area contributed by atoms with Crippen LogP contribution in [0.1, 0.15) is 6.85 Å². The van der Waals surface area contributed by atoms with Crippen LogP contribution in [0.5, 0.6) is 0 Å². The van der Waals surface area contributed by atoms with Gasteiger partial charge in [0.05, 0.1) is 6.85 Å². The van der Waals surface area contributed by atoms with Gasteiger partial charge in [0, 0.05) is 21.5 Å². The van der Waals surface area contributed by atoms with Crippen molar-refractivity contribution in [3.8, 4) is 0 Å². The minimum atomic E-state index is -0.400. The van der Waals surface area contributed by atoms with Gasteiger partial charge in [0.2, 0.25) is 0 Å². The molecule has 0 bridgehead atoms. The monoisotopic (exact) mass is 328 g/mol. The van der Waals surface area contributed by atoms with E-state index in [4.69, 9.17) is 6.85 Å². The van der Waals surface area contributed by atoms with Gasteiger partial charge in [-0.1, -0.05) is 52.3 Å². The number of nitrogens with zero attached hydrogens (tertiary/aromatic N) is 1. The van der Waals surface area contributed by atoms with Crippen molar-refractivity contribution in [1.82, 2.24) is 0 Å². The molecular weight excluding hydrogens is 310 g/mol. The lowest BCUT2D eigenvalue weighted by Gasteiger charge is -2.25. The Morgan fingerprint density at radius 1 is 0.700 bits per heavy atom. The molecule has 0 saturated carbocycles. The van der Waals surface area contributed by atoms with Gasteiger partial charge < -0.3 is 4.90 Å². The molecule has 3 aromatic carbocycles. The van der Waals surface area contributed by atoms with Crippen LogP contribution < -0.4 is 4.90 Å². The van der Waals surface area contributed by atoms with E-state index in [1.807, 2.05) is 54.6 Å². The molecule has 0 fully saturated rings. The smallest absolute Gasteiger partial charge is 0.0645 e. The maximum absolute atomic E-state index is 8.28. The van der Waals surface area contributed by atoms with Crippen LogP contribution in [0.3, 0.4) is 0 Å². The molecule has 0 aliphatic rings. The molecule has 98 valence electrons. The first kappa shape index (κ1) is 8.28. The number of rotatable bonds is 3. The summed E-state index contributed by atoms with van der Waals surface area (Å²) in [4.78, 5) is 1.67. The zero-order valence-electron chi connectivity index (χ0n) is 15.5. The summed E-state index contributed by atoms with van der Waals surface area (Å²) in [6, 6.07) is 15.0. The van der Waals surface area contributed by atoms with E-state index in [0.29, 0.717) is 11.4 Å². The first-order chi connectivity index (χ1) is 11.9. The topological polar surface area (TPSA) is 3.24 Å². The van der Waals surface area contributed by atoms with Crippen molar-refractivity contribution >= 4 is 33.0 Å². The van der Waals surface area contributed by atoms with Crippen molar-refractivity contribution in [2.24, 2.45) is 0 Å². The zero-order chi connectivity index (χ0) is 18.1. The molecule has 0 atom stereocenters. The number of hydrogen-bond acceptors (Lipinski definition) is 1. The van der Waals surface area contributed by atoms with E-state index in [0.717, 1.165) is 4.47 Å². The molecule has 2 heteroatoms. The van der Waals surface area contributed by atoms with Gasteiger partial charge in [-0.25, -0.2) is 0 Å². The lowest BCUT2D eigenvalue weighted by Crippen LogP contribution is -2.09. The summed E-state index contributed by atoms with van der Waals surface area (Å²) in [6.07, 6.45) is 0. The number of hydrogen-bond donors (Lipinski definition) is 0. The lowest BCUT2D eigenvalue weighted by molar-refractivity contribution is 1.28. The van der Waals surface area contributed by atoms with Gasteiger partial charge >= 0.3 is 0 Å². The Morgan fingerprint density at radius 3 is 1.95 bits per heavy atom. The Hall–Kier alpha value is -2.06. The third kappa shape index (κ3) is 2.75. The quantitative estimate of drug-likeness (QED) is 0.576. The minimum Gasteiger partial charge on any atom is -0.311 e. The Labute approximate surface area is 134 Å². The fourth-order valence-electron chi connectivity index (χ4n) is 1.93. The number of benzene rings is 3. The number of halogens is 1. The molecule has 0 unspecified atom stereocenters. The second kappa shape index (κ2) is 5.93. The summed E-state index contributed by atoms with van der Waals surface area (Å²) < 4.78 is 41.1. The van der Waals surface area contributed by atoms with E-state index in [1.165, 1.54) is 0 Å². The van der Waals surface area contributed by atoms with E-state index in [-0.39, 0.29) is 29.9 Å². The number of anilines is 3. The Bertz CT molecular complexity index is 884. The lowest BCUT2D eigenvalue weighted by atomic mass is 10.2. The first-order valence-corrected chi connectivity index (χ1v) is 6.88. The maximum Gasteiger partial charge on any atom is 0.0645 e. The average molecular weight is 329 g/mol. The van der Waals surface area contributed by atoms with Gasteiger partial charge in [0.25, 0.3) is 0 Å². The Balaban J connectivity index is 2.32. The summed E-state index contributed by atoms with van der Waals surface area (Å²) in [5.74, 6) is 0. The maximum atomic E-state index is 8.28. The molecule has 20 heavy (non-hydrogen) atoms. The first-order valence-electron chi connectivity index (χ1n) is 8.59. The van der Waals surface area contributed by atoms with Crippen LogP contribution in [-0.4, -0.2) is 0 Å². The summed E-state index contributed by atoms with van der Waals surface area (Å²) >= 11 is 3.39. The molecule has 0 saturated heterocycles. The predicted molar refractivity (Wildman–Crippen MR) is 88.8 cm³/mol. The molecule has 0 heterocycles. The Morgan fingerprint density at radius 2 is 1.30 bits per heavy atom. The normalized spacial score (nSPS) is 13.8. The van der Waals surface area contributed by atoms with Crippen molar-refractivity contribution in [3.05, 3.63) is 89.3 Å². The van der Waals surface area contributed by atoms with E-state index >= 15 is 0 Å². The second-order valence-corrected chi connectivity index (χ2v) is 5.04. The highest BCUT2D eigenvalue weighted by Crippen LogP contribution is 2.34. The molecule has 0 spiro atoms. The van der Waals surface area contributed by atoms with Crippen molar-refractivity contribution in [2.75, 3.05) is 4.90 Å². The minimum absolute atomic E-state index is 0.125. The third-order valence-corrected chi connectivity index (χ3v) is 3.34. The fourth-order valence-corrected chi connectivity index (χ4v) is 2.19. The summed E-state index contributed by atoms with van der Waals surface area (Å²) in [5, 5.41) is 0. The van der Waals surface area contributed by atoms with Crippen LogP contribution in [0.25, 0.3) is 0 Å². The summed E-state index contributed by atoms with van der Waals surface area (Å²) in [6.45, 7) is 0. The average Bonchev–Trinajstić information content (AvgIpc) is 2.64. The van der Waals surface area contributed by atoms with E-state index in [9.17, 15) is 0 Å². The van der Waals surface area contributed by atoms with E-state index in [2.05, 4.69) is 15.9 Å². The van der Waals surface area contributed by atoms with Crippen LogP contribution in [0.15, 0.2) is 89.3 Å². The van der Waals surface area contributed by atoms with E-state index in [1.54, 1.807) is 4.90 Å². The largest absolute Gasteiger partial charge is 0.311 e. The Kier molecular flexibility index (Phi) is 2.45. The molecular formula is C18H14BrN. The van der Waals surface area contributed by atoms with Crippen LogP contribution in [0.2, 0.25) is 0 Å². The van der Waals surface area contributed by atoms with Gasteiger partial charge in [-0.15, -0.1) is 0 Å². The van der Waals surface area contributed by atoms with Crippen molar-refractivity contribution in [2.45, 2.75) is 0 Å². The highest BCUT2D eigenvalue weighted by Gasteiger charge is 2.10. The second-order valence-electron chi connectivity index (χ2n) is 4.12. The third-order valence-electron chi connectivity index (χ3n) is 2.81. The standard InChI is InChI=1S/C18H14BrN/c19-15-11-13-18(14-12-15)20(16-7-3-1-4-8-16)17-9-5-2-6-10-17/h1-14H/i1D,3D,4D,7D,8D. The van der Waals surface area contributed by atoms with Gasteiger partial charge in [-0.05, 0) is 48.5 Å². The van der Waals surface area contributed by atoms with Crippen molar-refractivity contribution < 1.29 is 6.85 Å². The molecule has 1 nitrogen and oxygen atoms in total. The van der Waals surface area contributed by atoms with Crippen LogP contribution in [-0.2, 0) is 0 Å². The summed E-state index contributed by atoms with van der Waals surface area (Å²) in [5.41, 5.74) is 1.54. The SMILES string of the molecule is [2H]c1c([2H])c([2H])c(N(c2ccccc2)c2ccc(Br)cc2)c([2H])c1[2H]. The molecule has 0 aromatic heterocycles. The molecule has 0 aliphatic carbocycles. The molecule has 3 rings (SSSR count). The predicted octanol–water partition coefficient (Wildman–Crippen LogP) is 5.92. The molecule has 0 aliphatic heterocycles. The van der Waals surface area contributed by atoms with Gasteiger partial charge in [-0.2, -0.15) is 0 Å². The van der Waals surface area contributed by atoms with Crippen LogP contribution in [0, 0.1) is 0 Å². The van der Waals surface area contributed by atoms with Gasteiger partial charge in [0.1, 0.15) is 0 Å². The van der Waals surface area contributed by atoms with Gasteiger partial charge in [0.15, 0.2) is 0 Å². The highest BCUT2D eigenvalue weighted by molar-refractivity contribution is 9.10. The van der Waals surface area contributed by atoms with Crippen molar-refractivity contribution in [3.63, 3.8) is 0 Å². The zero-order valence-corrected chi connectivity index (χ0v) is 12.1. The van der Waals surface area contributed by atoms with Crippen LogP contribution >= 0.6 is 15.9 Å². The molecule has 0 radical (unpaired) electrons. The summed E-state index contributed by atoms with van der Waals surface area (Å²) in [7, 11) is 0. The van der Waals surface area contributed by atoms with Crippen molar-refractivity contribution in [1.29, 1.82) is 0 Å².